The summed E-state index contributed by atoms with van der Waals surface area (Å²) in [6.45, 7) is 0. The number of thiol groups is 1. The van der Waals surface area contributed by atoms with Crippen molar-refractivity contribution in [1.82, 2.24) is 5.48 Å². The maximum Gasteiger partial charge on any atom is 0.506 e. The van der Waals surface area contributed by atoms with Crippen molar-refractivity contribution in [2.75, 3.05) is 0 Å². The molecule has 0 spiro atoms. The summed E-state index contributed by atoms with van der Waals surface area (Å²) in [5.74, 6) is -3.38. The van der Waals surface area contributed by atoms with Gasteiger partial charge in [0.2, 0.25) is 0 Å². The molecule has 0 unspecified atom stereocenters. The van der Waals surface area contributed by atoms with E-state index in [1.165, 1.54) is 6.07 Å². The Bertz CT molecular complexity index is 332. The van der Waals surface area contributed by atoms with Gasteiger partial charge in [-0.15, -0.1) is 0 Å². The predicted molar refractivity (Wildman–Crippen MR) is 42.9 cm³/mol. The molecule has 2 radical (unpaired) electrons. The molecule has 0 fully saturated rings. The lowest BCUT2D eigenvalue weighted by Gasteiger charge is -1.92. The smallest absolute Gasteiger partial charge is 0.208 e. The molecule has 3 nitrogen and oxygen atoms in total. The summed E-state index contributed by atoms with van der Waals surface area (Å²) >= 11 is 3.17. The van der Waals surface area contributed by atoms with Crippen molar-refractivity contribution in [2.45, 2.75) is 0 Å². The van der Waals surface area contributed by atoms with Gasteiger partial charge in [-0.2, -0.15) is 0 Å². The monoisotopic (exact) mass is 204 g/mol. The summed E-state index contributed by atoms with van der Waals surface area (Å²) < 4.78 is 29.2. The third kappa shape index (κ3) is 2.24. The molecule has 0 aliphatic heterocycles. The second-order valence-corrected chi connectivity index (χ2v) is 2.24. The first-order valence-electron chi connectivity index (χ1n) is 3.16. The van der Waals surface area contributed by atoms with Crippen LogP contribution in [-0.4, -0.2) is 5.91 Å². The zero-order valence-electron chi connectivity index (χ0n) is 6.20. The molecule has 0 aliphatic carbocycles. The number of carbonyl (C=O) groups excluding carboxylic acids is 1. The number of benzene rings is 1. The zero-order valence-corrected chi connectivity index (χ0v) is 7.09. The van der Waals surface area contributed by atoms with Crippen LogP contribution in [0.15, 0.2) is 18.2 Å². The van der Waals surface area contributed by atoms with Crippen LogP contribution in [-0.2, 0) is 4.28 Å². The Kier molecular flexibility index (Phi) is 3.35. The SMILES string of the molecule is O=C([N+]OS)c1cccc(F)c1F. The van der Waals surface area contributed by atoms with Crippen LogP contribution < -0.4 is 5.48 Å². The Morgan fingerprint density at radius 1 is 1.46 bits per heavy atom. The van der Waals surface area contributed by atoms with Gasteiger partial charge in [0.1, 0.15) is 5.56 Å². The summed E-state index contributed by atoms with van der Waals surface area (Å²) in [7, 11) is 0. The molecule has 68 valence electrons. The molecule has 1 rings (SSSR count). The summed E-state index contributed by atoms with van der Waals surface area (Å²) in [4.78, 5) is 10.9. The molecule has 0 aliphatic rings. The lowest BCUT2D eigenvalue weighted by molar-refractivity contribution is 0.0781. The lowest BCUT2D eigenvalue weighted by atomic mass is 10.2. The van der Waals surface area contributed by atoms with Crippen molar-refractivity contribution in [3.63, 3.8) is 0 Å². The number of hydroxylamine groups is 1. The summed E-state index contributed by atoms with van der Waals surface area (Å²) in [6, 6.07) is 3.18. The summed E-state index contributed by atoms with van der Waals surface area (Å²) in [6.07, 6.45) is 0. The van der Waals surface area contributed by atoms with E-state index in [9.17, 15) is 13.6 Å². The van der Waals surface area contributed by atoms with Gasteiger partial charge < -0.3 is 0 Å². The Labute approximate surface area is 78.3 Å². The van der Waals surface area contributed by atoms with Gasteiger partial charge in [0, 0.05) is 0 Å². The van der Waals surface area contributed by atoms with E-state index in [0.717, 1.165) is 12.1 Å². The van der Waals surface area contributed by atoms with Crippen molar-refractivity contribution < 1.29 is 17.9 Å². The van der Waals surface area contributed by atoms with Gasteiger partial charge in [0.25, 0.3) is 0 Å². The molecule has 1 amide bonds. The molecule has 0 saturated heterocycles. The highest BCUT2D eigenvalue weighted by atomic mass is 32.1. The molecule has 0 bridgehead atoms. The number of hydrogen-bond donors (Lipinski definition) is 1. The van der Waals surface area contributed by atoms with E-state index in [-0.39, 0.29) is 0 Å². The van der Waals surface area contributed by atoms with Crippen LogP contribution in [0.2, 0.25) is 0 Å². The van der Waals surface area contributed by atoms with Crippen molar-refractivity contribution in [3.05, 3.63) is 35.4 Å². The first-order chi connectivity index (χ1) is 6.16. The van der Waals surface area contributed by atoms with Crippen LogP contribution in [0.25, 0.3) is 0 Å². The fourth-order valence-corrected chi connectivity index (χ4v) is 0.829. The van der Waals surface area contributed by atoms with E-state index in [1.54, 1.807) is 0 Å². The molecule has 1 aromatic rings. The fraction of sp³-hybridized carbons (Fsp3) is 0. The average Bonchev–Trinajstić information content (AvgIpc) is 2.10. The van der Waals surface area contributed by atoms with Crippen LogP contribution in [0.1, 0.15) is 10.4 Å². The van der Waals surface area contributed by atoms with Crippen molar-refractivity contribution in [1.29, 1.82) is 0 Å². The minimum Gasteiger partial charge on any atom is -0.208 e. The molecule has 0 atom stereocenters. The third-order valence-electron chi connectivity index (χ3n) is 1.31. The first-order valence-corrected chi connectivity index (χ1v) is 3.53. The molecule has 13 heavy (non-hydrogen) atoms. The van der Waals surface area contributed by atoms with Gasteiger partial charge in [-0.1, -0.05) is 6.07 Å². The average molecular weight is 204 g/mol. The molecule has 6 heteroatoms. The fourth-order valence-electron chi connectivity index (χ4n) is 0.755. The molecule has 0 heterocycles. The van der Waals surface area contributed by atoms with E-state index >= 15 is 0 Å². The first kappa shape index (κ1) is 10.1. The zero-order chi connectivity index (χ0) is 9.84. The Morgan fingerprint density at radius 3 is 2.77 bits per heavy atom. The maximum absolute atomic E-state index is 12.8. The number of carbonyl (C=O) groups is 1. The van der Waals surface area contributed by atoms with Gasteiger partial charge in [0.15, 0.2) is 11.6 Å². The van der Waals surface area contributed by atoms with Crippen molar-refractivity contribution in [3.8, 4) is 0 Å². The molecule has 0 N–H and O–H groups in total. The van der Waals surface area contributed by atoms with E-state index in [0.29, 0.717) is 0 Å². The summed E-state index contributed by atoms with van der Waals surface area (Å²) in [5, 5.41) is 0. The highest BCUT2D eigenvalue weighted by Gasteiger charge is 2.28. The van der Waals surface area contributed by atoms with Crippen LogP contribution in [0.5, 0.6) is 0 Å². The normalized spacial score (nSPS) is 10.1. The number of amides is 1. The Hall–Kier alpha value is -0.980. The van der Waals surface area contributed by atoms with Crippen LogP contribution in [0.3, 0.4) is 0 Å². The van der Waals surface area contributed by atoms with Gasteiger partial charge in [-0.05, 0) is 16.4 Å². The number of rotatable bonds is 2. The summed E-state index contributed by atoms with van der Waals surface area (Å²) in [5.41, 5.74) is 2.32. The van der Waals surface area contributed by atoms with Gasteiger partial charge in [0.05, 0.1) is 12.9 Å². The van der Waals surface area contributed by atoms with Crippen molar-refractivity contribution in [2.24, 2.45) is 0 Å². The molecule has 0 saturated carbocycles. The van der Waals surface area contributed by atoms with Crippen LogP contribution in [0, 0.1) is 11.6 Å². The number of nitrogens with zero attached hydrogens (tertiary/aromatic N) is 1. The van der Waals surface area contributed by atoms with Crippen LogP contribution in [0.4, 0.5) is 8.78 Å². The van der Waals surface area contributed by atoms with E-state index in [4.69, 9.17) is 0 Å². The largest absolute Gasteiger partial charge is 0.506 e. The third-order valence-corrected chi connectivity index (χ3v) is 1.39. The van der Waals surface area contributed by atoms with Crippen LogP contribution >= 0.6 is 12.9 Å². The second-order valence-electron chi connectivity index (χ2n) is 2.08. The highest BCUT2D eigenvalue weighted by Crippen LogP contribution is 2.11. The van der Waals surface area contributed by atoms with Gasteiger partial charge >= 0.3 is 11.4 Å². The minimum absolute atomic E-state index is 0.492. The Balaban J connectivity index is 3.01. The highest BCUT2D eigenvalue weighted by molar-refractivity contribution is 7.75. The lowest BCUT2D eigenvalue weighted by Crippen LogP contribution is -2.14. The standard InChI is InChI=1S/C7H4F2NO2S/c8-5-3-1-2-4(6(5)9)7(11)10-12-13/h1-3,13H/q+1. The maximum atomic E-state index is 12.8. The molecule has 0 aromatic heterocycles. The van der Waals surface area contributed by atoms with Gasteiger partial charge in [-0.25, -0.2) is 13.6 Å². The Morgan fingerprint density at radius 2 is 2.15 bits per heavy atom. The predicted octanol–water partition coefficient (Wildman–Crippen LogP) is 1.49. The number of hydrogen-bond acceptors (Lipinski definition) is 3. The van der Waals surface area contributed by atoms with Crippen molar-refractivity contribution >= 4 is 18.8 Å². The topological polar surface area (TPSA) is 40.4 Å². The van der Waals surface area contributed by atoms with E-state index in [1.807, 2.05) is 0 Å². The van der Waals surface area contributed by atoms with Gasteiger partial charge in [-0.3, -0.25) is 0 Å². The quantitative estimate of drug-likeness (QED) is 0.450. The molecule has 1 aromatic carbocycles. The number of halogens is 2. The molecular weight excluding hydrogens is 200 g/mol. The molecular formula is C7H4F2NO2S+. The minimum atomic E-state index is -1.25. The van der Waals surface area contributed by atoms with E-state index < -0.39 is 23.1 Å². The second kappa shape index (κ2) is 4.31. The van der Waals surface area contributed by atoms with E-state index in [2.05, 4.69) is 22.7 Å².